The van der Waals surface area contributed by atoms with E-state index < -0.39 is 36.7 Å². The van der Waals surface area contributed by atoms with Gasteiger partial charge in [0.25, 0.3) is 0 Å². The maximum absolute atomic E-state index is 11.5. The molecule has 0 spiro atoms. The highest BCUT2D eigenvalue weighted by atomic mass is 16.7. The third kappa shape index (κ3) is 3.08. The van der Waals surface area contributed by atoms with Gasteiger partial charge in [-0.1, -0.05) is 13.5 Å². The van der Waals surface area contributed by atoms with Crippen molar-refractivity contribution in [2.24, 2.45) is 0 Å². The highest BCUT2D eigenvalue weighted by Gasteiger charge is 2.46. The first kappa shape index (κ1) is 15.1. The van der Waals surface area contributed by atoms with Gasteiger partial charge in [0.15, 0.2) is 12.4 Å². The maximum atomic E-state index is 11.5. The minimum absolute atomic E-state index is 0.198. The van der Waals surface area contributed by atoms with Gasteiger partial charge in [0, 0.05) is 12.7 Å². The Morgan fingerprint density at radius 3 is 2.44 bits per heavy atom. The van der Waals surface area contributed by atoms with Crippen molar-refractivity contribution in [3.8, 4) is 0 Å². The summed E-state index contributed by atoms with van der Waals surface area (Å²) in [5.41, 5.74) is 0.198. The van der Waals surface area contributed by atoms with Crippen LogP contribution >= 0.6 is 0 Å². The average Bonchev–Trinajstić information content (AvgIpc) is 2.35. The van der Waals surface area contributed by atoms with Gasteiger partial charge in [0.05, 0.1) is 6.10 Å². The van der Waals surface area contributed by atoms with Crippen LogP contribution in [0.25, 0.3) is 0 Å². The van der Waals surface area contributed by atoms with Gasteiger partial charge in [0.1, 0.15) is 12.2 Å². The van der Waals surface area contributed by atoms with Gasteiger partial charge in [0.2, 0.25) is 0 Å². The molecule has 0 aliphatic carbocycles. The van der Waals surface area contributed by atoms with Crippen LogP contribution < -0.4 is 0 Å². The number of rotatable bonds is 4. The van der Waals surface area contributed by atoms with Crippen molar-refractivity contribution in [2.75, 3.05) is 7.11 Å². The normalized spacial score (nSPS) is 36.2. The summed E-state index contributed by atoms with van der Waals surface area (Å²) in [4.78, 5) is 11.5. The molecule has 2 N–H and O–H groups in total. The Balaban J connectivity index is 2.81. The van der Waals surface area contributed by atoms with E-state index in [2.05, 4.69) is 6.58 Å². The number of hydrogen-bond donors (Lipinski definition) is 2. The van der Waals surface area contributed by atoms with E-state index in [1.54, 1.807) is 0 Å². The summed E-state index contributed by atoms with van der Waals surface area (Å²) in [7, 11) is 1.38. The van der Waals surface area contributed by atoms with E-state index in [1.165, 1.54) is 14.0 Å². The highest BCUT2D eigenvalue weighted by molar-refractivity contribution is 5.87. The molecule has 6 nitrogen and oxygen atoms in total. The SMILES string of the molecule is C=C(C)C(=O)OC1C(O)[C@H](O)C(CC)O[C@@H]1OC. The standard InChI is InChI=1S/C12H20O6/c1-5-7-8(13)9(14)10(12(16-4)17-7)18-11(15)6(2)3/h7-10,12-14H,2,5H2,1,3-4H3/t7?,8-,9?,10?,12+/m1/s1. The Kier molecular flexibility index (Phi) is 5.28. The van der Waals surface area contributed by atoms with Gasteiger partial charge < -0.3 is 24.4 Å². The van der Waals surface area contributed by atoms with Gasteiger partial charge in [-0.15, -0.1) is 0 Å². The smallest absolute Gasteiger partial charge is 0.333 e. The lowest BCUT2D eigenvalue weighted by Gasteiger charge is -2.41. The van der Waals surface area contributed by atoms with Crippen LogP contribution in [0, 0.1) is 0 Å². The predicted octanol–water partition coefficient (Wildman–Crippen LogP) is -0.0226. The Morgan fingerprint density at radius 2 is 2.00 bits per heavy atom. The molecule has 3 unspecified atom stereocenters. The minimum Gasteiger partial charge on any atom is -0.451 e. The number of aliphatic hydroxyl groups excluding tert-OH is 2. The van der Waals surface area contributed by atoms with Crippen molar-refractivity contribution in [3.63, 3.8) is 0 Å². The second-order valence-electron chi connectivity index (χ2n) is 4.32. The Hall–Kier alpha value is -0.950. The van der Waals surface area contributed by atoms with E-state index in [4.69, 9.17) is 14.2 Å². The van der Waals surface area contributed by atoms with Crippen molar-refractivity contribution in [2.45, 2.75) is 51.0 Å². The summed E-state index contributed by atoms with van der Waals surface area (Å²) in [5.74, 6) is -0.660. The molecule has 1 heterocycles. The van der Waals surface area contributed by atoms with Gasteiger partial charge in [-0.05, 0) is 13.3 Å². The zero-order valence-corrected chi connectivity index (χ0v) is 10.8. The lowest BCUT2D eigenvalue weighted by molar-refractivity contribution is -0.293. The van der Waals surface area contributed by atoms with E-state index in [9.17, 15) is 15.0 Å². The molecule has 0 radical (unpaired) electrons. The summed E-state index contributed by atoms with van der Waals surface area (Å²) in [5, 5.41) is 19.8. The van der Waals surface area contributed by atoms with Crippen LogP contribution in [-0.4, -0.2) is 54.0 Å². The number of esters is 1. The Bertz CT molecular complexity index is 314. The van der Waals surface area contributed by atoms with Gasteiger partial charge in [-0.2, -0.15) is 0 Å². The topological polar surface area (TPSA) is 85.2 Å². The van der Waals surface area contributed by atoms with Crippen molar-refractivity contribution >= 4 is 5.97 Å². The number of hydrogen-bond acceptors (Lipinski definition) is 6. The second-order valence-corrected chi connectivity index (χ2v) is 4.32. The summed E-state index contributed by atoms with van der Waals surface area (Å²) >= 11 is 0. The monoisotopic (exact) mass is 260 g/mol. The lowest BCUT2D eigenvalue weighted by Crippen LogP contribution is -2.59. The van der Waals surface area contributed by atoms with Crippen LogP contribution in [0.1, 0.15) is 20.3 Å². The molecule has 0 bridgehead atoms. The molecule has 1 saturated heterocycles. The molecule has 1 rings (SSSR count). The van der Waals surface area contributed by atoms with Crippen LogP contribution in [0.2, 0.25) is 0 Å². The Labute approximate surface area is 106 Å². The molecule has 0 aromatic heterocycles. The number of carbonyl (C=O) groups excluding carboxylic acids is 1. The molecule has 1 fully saturated rings. The molecule has 0 saturated carbocycles. The number of aliphatic hydroxyl groups is 2. The number of carbonyl (C=O) groups is 1. The van der Waals surface area contributed by atoms with E-state index in [-0.39, 0.29) is 5.57 Å². The van der Waals surface area contributed by atoms with Crippen LogP contribution in [0.4, 0.5) is 0 Å². The summed E-state index contributed by atoms with van der Waals surface area (Å²) in [6, 6.07) is 0. The van der Waals surface area contributed by atoms with Gasteiger partial charge in [-0.3, -0.25) is 0 Å². The third-order valence-corrected chi connectivity index (χ3v) is 2.87. The molecule has 104 valence electrons. The molecular weight excluding hydrogens is 240 g/mol. The van der Waals surface area contributed by atoms with Gasteiger partial charge in [-0.25, -0.2) is 4.79 Å². The number of methoxy groups -OCH3 is 1. The van der Waals surface area contributed by atoms with Crippen molar-refractivity contribution < 1.29 is 29.2 Å². The zero-order chi connectivity index (χ0) is 13.9. The van der Waals surface area contributed by atoms with E-state index in [0.717, 1.165) is 0 Å². The van der Waals surface area contributed by atoms with Crippen molar-refractivity contribution in [1.29, 1.82) is 0 Å². The highest BCUT2D eigenvalue weighted by Crippen LogP contribution is 2.26. The van der Waals surface area contributed by atoms with E-state index in [0.29, 0.717) is 6.42 Å². The van der Waals surface area contributed by atoms with Crippen LogP contribution in [-0.2, 0) is 19.0 Å². The molecule has 0 amide bonds. The predicted molar refractivity (Wildman–Crippen MR) is 62.7 cm³/mol. The van der Waals surface area contributed by atoms with Crippen LogP contribution in [0.15, 0.2) is 12.2 Å². The average molecular weight is 260 g/mol. The molecular formula is C12H20O6. The first-order valence-corrected chi connectivity index (χ1v) is 5.83. The molecule has 6 heteroatoms. The summed E-state index contributed by atoms with van der Waals surface area (Å²) in [6.07, 6.45) is -4.39. The molecule has 1 aliphatic rings. The summed E-state index contributed by atoms with van der Waals surface area (Å²) < 4.78 is 15.5. The van der Waals surface area contributed by atoms with E-state index in [1.807, 2.05) is 6.92 Å². The molecule has 1 aliphatic heterocycles. The maximum Gasteiger partial charge on any atom is 0.333 e. The van der Waals surface area contributed by atoms with Crippen LogP contribution in [0.5, 0.6) is 0 Å². The van der Waals surface area contributed by atoms with Gasteiger partial charge >= 0.3 is 5.97 Å². The molecule has 0 aromatic carbocycles. The third-order valence-electron chi connectivity index (χ3n) is 2.87. The first-order valence-electron chi connectivity index (χ1n) is 5.83. The van der Waals surface area contributed by atoms with Crippen LogP contribution in [0.3, 0.4) is 0 Å². The fourth-order valence-corrected chi connectivity index (χ4v) is 1.78. The summed E-state index contributed by atoms with van der Waals surface area (Å²) in [6.45, 7) is 6.75. The minimum atomic E-state index is -1.25. The second kappa shape index (κ2) is 6.29. The first-order chi connectivity index (χ1) is 8.42. The fourth-order valence-electron chi connectivity index (χ4n) is 1.78. The largest absolute Gasteiger partial charge is 0.451 e. The van der Waals surface area contributed by atoms with Crippen molar-refractivity contribution in [1.82, 2.24) is 0 Å². The van der Waals surface area contributed by atoms with Crippen molar-refractivity contribution in [3.05, 3.63) is 12.2 Å². The lowest BCUT2D eigenvalue weighted by atomic mass is 9.97. The molecule has 5 atom stereocenters. The number of ether oxygens (including phenoxy) is 3. The fraction of sp³-hybridized carbons (Fsp3) is 0.750. The zero-order valence-electron chi connectivity index (χ0n) is 10.8. The Morgan fingerprint density at radius 1 is 1.39 bits per heavy atom. The quantitative estimate of drug-likeness (QED) is 0.546. The molecule has 0 aromatic rings. The van der Waals surface area contributed by atoms with E-state index >= 15 is 0 Å². The molecule has 18 heavy (non-hydrogen) atoms.